The quantitative estimate of drug-likeness (QED) is 0.380. The summed E-state index contributed by atoms with van der Waals surface area (Å²) in [4.78, 5) is 0. The summed E-state index contributed by atoms with van der Waals surface area (Å²) in [7, 11) is 0. The molecule has 46 valence electrons. The van der Waals surface area contributed by atoms with Crippen molar-refractivity contribution in [3.05, 3.63) is 0 Å². The van der Waals surface area contributed by atoms with Crippen molar-refractivity contribution in [2.45, 2.75) is 6.42 Å². The highest BCUT2D eigenvalue weighted by atomic mass is 32.2. The van der Waals surface area contributed by atoms with Crippen molar-refractivity contribution in [2.75, 3.05) is 6.26 Å². The van der Waals surface area contributed by atoms with Gasteiger partial charge in [0.05, 0.1) is 17.3 Å². The molecule has 0 saturated carbocycles. The van der Waals surface area contributed by atoms with E-state index < -0.39 is 0 Å². The van der Waals surface area contributed by atoms with Crippen molar-refractivity contribution in [3.8, 4) is 0 Å². The summed E-state index contributed by atoms with van der Waals surface area (Å²) in [5.74, 6) is 0.0596. The smallest absolute Gasteiger partial charge is 0.0971 e. The van der Waals surface area contributed by atoms with Crippen LogP contribution in [-0.2, 0) is 0 Å². The summed E-state index contributed by atoms with van der Waals surface area (Å²) in [6.45, 7) is 0. The molecule has 4 heteroatoms. The molecule has 3 nitrogen and oxygen atoms in total. The Morgan fingerprint density at radius 2 is 2.12 bits per heavy atom. The van der Waals surface area contributed by atoms with Gasteiger partial charge in [-0.15, -0.1) is 11.8 Å². The Balaban J connectivity index is 3.40. The molecule has 0 fully saturated rings. The topological polar surface area (TPSA) is 73.7 Å². The van der Waals surface area contributed by atoms with Crippen LogP contribution in [0.5, 0.6) is 0 Å². The number of hydrogen-bond acceptors (Lipinski definition) is 3. The molecule has 0 aromatic rings. The fourth-order valence-corrected chi connectivity index (χ4v) is 0.545. The lowest BCUT2D eigenvalue weighted by atomic mass is 10.4. The zero-order valence-electron chi connectivity index (χ0n) is 4.69. The predicted octanol–water partition coefficient (Wildman–Crippen LogP) is 0.653. The Labute approximate surface area is 52.7 Å². The van der Waals surface area contributed by atoms with Gasteiger partial charge in [-0.05, 0) is 6.26 Å². The van der Waals surface area contributed by atoms with Gasteiger partial charge in [-0.2, -0.15) is 0 Å². The van der Waals surface area contributed by atoms with Gasteiger partial charge in [0.15, 0.2) is 0 Å². The lowest BCUT2D eigenvalue weighted by Crippen LogP contribution is -2.12. The number of amidine groups is 1. The number of hydrogen-bond donors (Lipinski definition) is 3. The molecule has 0 spiro atoms. The Kier molecular flexibility index (Phi) is 3.26. The molecular weight excluding hydrogens is 122 g/mol. The standard InChI is InChI=1S/C4H9N3S/c1-8-4(7)2-3(5)6/h7H,2H2,1H3,(H3,5,6). The van der Waals surface area contributed by atoms with Crippen LogP contribution in [0.4, 0.5) is 0 Å². The molecule has 0 aliphatic heterocycles. The van der Waals surface area contributed by atoms with Crippen molar-refractivity contribution < 1.29 is 0 Å². The van der Waals surface area contributed by atoms with Crippen LogP contribution in [0.15, 0.2) is 0 Å². The van der Waals surface area contributed by atoms with E-state index in [0.29, 0.717) is 11.5 Å². The molecule has 0 aromatic heterocycles. The first-order valence-electron chi connectivity index (χ1n) is 2.11. The Morgan fingerprint density at radius 1 is 1.62 bits per heavy atom. The molecular formula is C4H9N3S. The van der Waals surface area contributed by atoms with E-state index in [0.717, 1.165) is 0 Å². The van der Waals surface area contributed by atoms with Gasteiger partial charge in [0.25, 0.3) is 0 Å². The van der Waals surface area contributed by atoms with Gasteiger partial charge in [-0.1, -0.05) is 0 Å². The van der Waals surface area contributed by atoms with Crippen LogP contribution in [0.3, 0.4) is 0 Å². The zero-order chi connectivity index (χ0) is 6.57. The average molecular weight is 131 g/mol. The maximum atomic E-state index is 7.01. The van der Waals surface area contributed by atoms with Crippen LogP contribution < -0.4 is 5.73 Å². The zero-order valence-corrected chi connectivity index (χ0v) is 5.51. The molecule has 0 heterocycles. The van der Waals surface area contributed by atoms with Crippen molar-refractivity contribution >= 4 is 22.6 Å². The van der Waals surface area contributed by atoms with Crippen LogP contribution in [0.2, 0.25) is 0 Å². The average Bonchev–Trinajstić information content (AvgIpc) is 1.65. The summed E-state index contributed by atoms with van der Waals surface area (Å²) in [5.41, 5.74) is 5.00. The molecule has 0 amide bonds. The van der Waals surface area contributed by atoms with Gasteiger partial charge in [0.1, 0.15) is 0 Å². The van der Waals surface area contributed by atoms with Crippen molar-refractivity contribution in [1.82, 2.24) is 0 Å². The Morgan fingerprint density at radius 3 is 2.25 bits per heavy atom. The summed E-state index contributed by atoms with van der Waals surface area (Å²) in [6.07, 6.45) is 2.09. The van der Waals surface area contributed by atoms with E-state index in [-0.39, 0.29) is 5.84 Å². The van der Waals surface area contributed by atoms with Crippen molar-refractivity contribution in [2.24, 2.45) is 5.73 Å². The van der Waals surface area contributed by atoms with E-state index >= 15 is 0 Å². The molecule has 0 rings (SSSR count). The summed E-state index contributed by atoms with van der Waals surface area (Å²) >= 11 is 1.32. The first-order valence-corrected chi connectivity index (χ1v) is 3.33. The predicted molar refractivity (Wildman–Crippen MR) is 37.8 cm³/mol. The van der Waals surface area contributed by atoms with Gasteiger partial charge in [-0.3, -0.25) is 10.8 Å². The second-order valence-corrected chi connectivity index (χ2v) is 2.23. The highest BCUT2D eigenvalue weighted by Crippen LogP contribution is 1.97. The van der Waals surface area contributed by atoms with E-state index in [4.69, 9.17) is 16.6 Å². The molecule has 8 heavy (non-hydrogen) atoms. The fourth-order valence-electron chi connectivity index (χ4n) is 0.245. The van der Waals surface area contributed by atoms with Gasteiger partial charge < -0.3 is 5.73 Å². The van der Waals surface area contributed by atoms with Gasteiger partial charge in [-0.25, -0.2) is 0 Å². The number of rotatable bonds is 2. The third-order valence-corrected chi connectivity index (χ3v) is 1.23. The first kappa shape index (κ1) is 7.49. The molecule has 4 N–H and O–H groups in total. The summed E-state index contributed by atoms with van der Waals surface area (Å²) in [5, 5.41) is 14.2. The van der Waals surface area contributed by atoms with Crippen LogP contribution in [-0.4, -0.2) is 17.1 Å². The van der Waals surface area contributed by atoms with Gasteiger partial charge in [0, 0.05) is 0 Å². The largest absolute Gasteiger partial charge is 0.387 e. The second-order valence-electron chi connectivity index (χ2n) is 1.33. The summed E-state index contributed by atoms with van der Waals surface area (Å²) < 4.78 is 0. The normalized spacial score (nSPS) is 8.62. The molecule has 0 unspecified atom stereocenters. The van der Waals surface area contributed by atoms with E-state index in [1.54, 1.807) is 6.26 Å². The monoisotopic (exact) mass is 131 g/mol. The van der Waals surface area contributed by atoms with Gasteiger partial charge in [0.2, 0.25) is 0 Å². The minimum Gasteiger partial charge on any atom is -0.387 e. The van der Waals surface area contributed by atoms with Crippen LogP contribution in [0.25, 0.3) is 0 Å². The first-order chi connectivity index (χ1) is 3.66. The molecule has 0 aromatic carbocycles. The summed E-state index contributed by atoms with van der Waals surface area (Å²) in [6, 6.07) is 0. The van der Waals surface area contributed by atoms with E-state index in [1.165, 1.54) is 11.8 Å². The third kappa shape index (κ3) is 3.67. The number of thioether (sulfide) groups is 1. The Bertz CT molecular complexity index is 110. The molecule has 0 saturated heterocycles. The molecule has 0 bridgehead atoms. The lowest BCUT2D eigenvalue weighted by Gasteiger charge is -1.94. The maximum Gasteiger partial charge on any atom is 0.0971 e. The van der Waals surface area contributed by atoms with E-state index in [1.807, 2.05) is 0 Å². The minimum absolute atomic E-state index is 0.0596. The highest BCUT2D eigenvalue weighted by Gasteiger charge is 1.93. The Hall–Kier alpha value is -0.510. The molecule has 0 aliphatic carbocycles. The highest BCUT2D eigenvalue weighted by molar-refractivity contribution is 8.13. The van der Waals surface area contributed by atoms with Crippen LogP contribution in [0.1, 0.15) is 6.42 Å². The molecule has 0 radical (unpaired) electrons. The minimum atomic E-state index is 0.0596. The van der Waals surface area contributed by atoms with Crippen LogP contribution >= 0.6 is 11.8 Å². The van der Waals surface area contributed by atoms with E-state index in [9.17, 15) is 0 Å². The van der Waals surface area contributed by atoms with Crippen molar-refractivity contribution in [3.63, 3.8) is 0 Å². The molecule has 0 aliphatic rings. The lowest BCUT2D eigenvalue weighted by molar-refractivity contribution is 1.34. The number of nitrogens with two attached hydrogens (primary N) is 1. The third-order valence-electron chi connectivity index (χ3n) is 0.597. The van der Waals surface area contributed by atoms with Crippen LogP contribution in [0, 0.1) is 10.8 Å². The molecule has 0 atom stereocenters. The maximum absolute atomic E-state index is 7.01. The van der Waals surface area contributed by atoms with Crippen molar-refractivity contribution in [1.29, 1.82) is 10.8 Å². The fraction of sp³-hybridized carbons (Fsp3) is 0.500. The van der Waals surface area contributed by atoms with Gasteiger partial charge >= 0.3 is 0 Å². The second kappa shape index (κ2) is 3.49. The SMILES string of the molecule is CSC(=N)CC(=N)N. The number of nitrogens with one attached hydrogen (secondary N) is 2. The van der Waals surface area contributed by atoms with E-state index in [2.05, 4.69) is 0 Å².